The monoisotopic (exact) mass is 307 g/mol. The molecule has 0 aliphatic heterocycles. The van der Waals surface area contributed by atoms with Gasteiger partial charge in [0.05, 0.1) is 13.7 Å². The van der Waals surface area contributed by atoms with E-state index in [1.165, 1.54) is 6.92 Å². The summed E-state index contributed by atoms with van der Waals surface area (Å²) in [6, 6.07) is 5.97. The lowest BCUT2D eigenvalue weighted by Crippen LogP contribution is -2.38. The molecule has 1 fully saturated rings. The van der Waals surface area contributed by atoms with Crippen LogP contribution >= 0.6 is 0 Å². The molecule has 5 heteroatoms. The van der Waals surface area contributed by atoms with Gasteiger partial charge in [-0.25, -0.2) is 0 Å². The Kier molecular flexibility index (Phi) is 5.66. The molecule has 0 saturated heterocycles. The van der Waals surface area contributed by atoms with Gasteiger partial charge in [-0.3, -0.25) is 4.79 Å². The van der Waals surface area contributed by atoms with Crippen LogP contribution in [0.2, 0.25) is 0 Å². The van der Waals surface area contributed by atoms with Gasteiger partial charge >= 0.3 is 5.97 Å². The minimum atomic E-state index is -0.232. The summed E-state index contributed by atoms with van der Waals surface area (Å²) >= 11 is 0. The normalized spacial score (nSPS) is 24.6. The van der Waals surface area contributed by atoms with Crippen LogP contribution in [0.25, 0.3) is 0 Å². The molecule has 1 aliphatic rings. The molecule has 2 rings (SSSR count). The fourth-order valence-corrected chi connectivity index (χ4v) is 3.07. The average molecular weight is 307 g/mol. The summed E-state index contributed by atoms with van der Waals surface area (Å²) in [6.45, 7) is 3.96. The number of hydrogen-bond acceptors (Lipinski definition) is 5. The van der Waals surface area contributed by atoms with Gasteiger partial charge in [0.15, 0.2) is 11.5 Å². The maximum Gasteiger partial charge on any atom is 0.302 e. The van der Waals surface area contributed by atoms with E-state index in [0.29, 0.717) is 12.4 Å². The van der Waals surface area contributed by atoms with E-state index in [0.717, 1.165) is 30.6 Å². The molecule has 1 aromatic carbocycles. The highest BCUT2D eigenvalue weighted by Crippen LogP contribution is 2.37. The Balaban J connectivity index is 2.20. The number of esters is 1. The predicted molar refractivity (Wildman–Crippen MR) is 84.3 cm³/mol. The summed E-state index contributed by atoms with van der Waals surface area (Å²) in [6.07, 6.45) is 2.36. The highest BCUT2D eigenvalue weighted by atomic mass is 16.5. The van der Waals surface area contributed by atoms with Crippen LogP contribution in [0, 0.1) is 0 Å². The molecule has 22 heavy (non-hydrogen) atoms. The van der Waals surface area contributed by atoms with Crippen LogP contribution in [0.4, 0.5) is 0 Å². The zero-order valence-corrected chi connectivity index (χ0v) is 13.5. The van der Waals surface area contributed by atoms with Gasteiger partial charge in [-0.05, 0) is 43.9 Å². The molecule has 1 aliphatic carbocycles. The Morgan fingerprint density at radius 3 is 2.73 bits per heavy atom. The van der Waals surface area contributed by atoms with E-state index in [-0.39, 0.29) is 24.0 Å². The van der Waals surface area contributed by atoms with Gasteiger partial charge in [-0.2, -0.15) is 0 Å². The largest absolute Gasteiger partial charge is 0.493 e. The molecule has 1 saturated carbocycles. The standard InChI is InChI=1S/C17H25NO4/c1-4-21-17-9-12(5-8-16(17)20-3)14-10-13(22-11(2)19)6-7-15(14)18/h5,8-9,13-15H,4,6-7,10,18H2,1-3H3/t13-,14-,15-/m1/s1. The average Bonchev–Trinajstić information content (AvgIpc) is 2.49. The van der Waals surface area contributed by atoms with E-state index in [2.05, 4.69) is 0 Å². The quantitative estimate of drug-likeness (QED) is 0.847. The molecule has 0 heterocycles. The lowest BCUT2D eigenvalue weighted by atomic mass is 9.79. The van der Waals surface area contributed by atoms with Crippen LogP contribution < -0.4 is 15.2 Å². The zero-order valence-electron chi connectivity index (χ0n) is 13.5. The molecule has 0 amide bonds. The second-order valence-corrected chi connectivity index (χ2v) is 5.66. The smallest absolute Gasteiger partial charge is 0.302 e. The van der Waals surface area contributed by atoms with E-state index < -0.39 is 0 Å². The number of hydrogen-bond donors (Lipinski definition) is 1. The zero-order chi connectivity index (χ0) is 16.1. The van der Waals surface area contributed by atoms with Crippen LogP contribution in [-0.4, -0.2) is 31.8 Å². The Labute approximate surface area is 131 Å². The fourth-order valence-electron chi connectivity index (χ4n) is 3.07. The van der Waals surface area contributed by atoms with Crippen LogP contribution in [0.5, 0.6) is 11.5 Å². The van der Waals surface area contributed by atoms with Crippen LogP contribution in [0.1, 0.15) is 44.6 Å². The molecular weight excluding hydrogens is 282 g/mol. The van der Waals surface area contributed by atoms with Crippen LogP contribution in [0.15, 0.2) is 18.2 Å². The van der Waals surface area contributed by atoms with Gasteiger partial charge in [0.2, 0.25) is 0 Å². The predicted octanol–water partition coefficient (Wildman–Crippen LogP) is 2.62. The summed E-state index contributed by atoms with van der Waals surface area (Å²) in [5.41, 5.74) is 7.39. The SMILES string of the molecule is CCOc1cc([C@H]2C[C@H](OC(C)=O)CC[C@H]2N)ccc1OC. The Bertz CT molecular complexity index is 517. The second-order valence-electron chi connectivity index (χ2n) is 5.66. The van der Waals surface area contributed by atoms with E-state index in [1.807, 2.05) is 25.1 Å². The van der Waals surface area contributed by atoms with Crippen molar-refractivity contribution in [3.63, 3.8) is 0 Å². The third kappa shape index (κ3) is 3.91. The molecule has 3 atom stereocenters. The molecule has 5 nitrogen and oxygen atoms in total. The van der Waals surface area contributed by atoms with Gasteiger partial charge in [-0.1, -0.05) is 6.07 Å². The molecule has 122 valence electrons. The Hall–Kier alpha value is -1.75. The number of nitrogens with two attached hydrogens (primary N) is 1. The lowest BCUT2D eigenvalue weighted by molar-refractivity contribution is -0.148. The van der Waals surface area contributed by atoms with Crippen molar-refractivity contribution in [1.82, 2.24) is 0 Å². The molecule has 0 bridgehead atoms. The summed E-state index contributed by atoms with van der Waals surface area (Å²) in [7, 11) is 1.63. The lowest BCUT2D eigenvalue weighted by Gasteiger charge is -2.34. The molecular formula is C17H25NO4. The molecule has 0 unspecified atom stereocenters. The van der Waals surface area contributed by atoms with E-state index in [4.69, 9.17) is 19.9 Å². The minimum Gasteiger partial charge on any atom is -0.493 e. The van der Waals surface area contributed by atoms with Crippen molar-refractivity contribution >= 4 is 5.97 Å². The minimum absolute atomic E-state index is 0.0556. The third-order valence-corrected chi connectivity index (χ3v) is 4.10. The number of rotatable bonds is 5. The summed E-state index contributed by atoms with van der Waals surface area (Å²) in [5.74, 6) is 1.36. The summed E-state index contributed by atoms with van der Waals surface area (Å²) < 4.78 is 16.3. The van der Waals surface area contributed by atoms with Crippen molar-refractivity contribution in [2.75, 3.05) is 13.7 Å². The van der Waals surface area contributed by atoms with Gasteiger partial charge < -0.3 is 19.9 Å². The highest BCUT2D eigenvalue weighted by molar-refractivity contribution is 5.66. The number of carbonyl (C=O) groups is 1. The first-order valence-electron chi connectivity index (χ1n) is 7.78. The molecule has 0 radical (unpaired) electrons. The van der Waals surface area contributed by atoms with Crippen molar-refractivity contribution in [3.05, 3.63) is 23.8 Å². The van der Waals surface area contributed by atoms with Crippen molar-refractivity contribution in [1.29, 1.82) is 0 Å². The molecule has 2 N–H and O–H groups in total. The highest BCUT2D eigenvalue weighted by Gasteiger charge is 2.31. The van der Waals surface area contributed by atoms with E-state index >= 15 is 0 Å². The molecule has 1 aromatic rings. The number of benzene rings is 1. The number of methoxy groups -OCH3 is 1. The maximum atomic E-state index is 11.2. The third-order valence-electron chi connectivity index (χ3n) is 4.10. The van der Waals surface area contributed by atoms with Gasteiger partial charge in [0.25, 0.3) is 0 Å². The first kappa shape index (κ1) is 16.6. The van der Waals surface area contributed by atoms with Crippen molar-refractivity contribution < 1.29 is 19.0 Å². The number of ether oxygens (including phenoxy) is 3. The first-order chi connectivity index (χ1) is 10.5. The Morgan fingerprint density at radius 2 is 2.09 bits per heavy atom. The van der Waals surface area contributed by atoms with Crippen molar-refractivity contribution in [3.8, 4) is 11.5 Å². The number of carbonyl (C=O) groups excluding carboxylic acids is 1. The van der Waals surface area contributed by atoms with Crippen molar-refractivity contribution in [2.24, 2.45) is 5.73 Å². The van der Waals surface area contributed by atoms with Gasteiger partial charge in [0, 0.05) is 18.9 Å². The molecule has 0 aromatic heterocycles. The van der Waals surface area contributed by atoms with Crippen molar-refractivity contribution in [2.45, 2.75) is 51.2 Å². The van der Waals surface area contributed by atoms with E-state index in [9.17, 15) is 4.79 Å². The first-order valence-corrected chi connectivity index (χ1v) is 7.78. The topological polar surface area (TPSA) is 70.8 Å². The van der Waals surface area contributed by atoms with Gasteiger partial charge in [-0.15, -0.1) is 0 Å². The van der Waals surface area contributed by atoms with Crippen LogP contribution in [-0.2, 0) is 9.53 Å². The summed E-state index contributed by atoms with van der Waals surface area (Å²) in [4.78, 5) is 11.2. The fraction of sp³-hybridized carbons (Fsp3) is 0.588. The van der Waals surface area contributed by atoms with E-state index in [1.54, 1.807) is 7.11 Å². The summed E-state index contributed by atoms with van der Waals surface area (Å²) in [5, 5.41) is 0. The van der Waals surface area contributed by atoms with Gasteiger partial charge in [0.1, 0.15) is 6.10 Å². The second kappa shape index (κ2) is 7.49. The van der Waals surface area contributed by atoms with Crippen LogP contribution in [0.3, 0.4) is 0 Å². The maximum absolute atomic E-state index is 11.2. The Morgan fingerprint density at radius 1 is 1.32 bits per heavy atom. The molecule has 0 spiro atoms.